The molecule has 5 heteroatoms. The SMILES string of the molecule is CC(C)NCCN1C(=O)CSc2ccc(N)cc21. The van der Waals surface area contributed by atoms with E-state index >= 15 is 0 Å². The van der Waals surface area contributed by atoms with Crippen molar-refractivity contribution in [2.45, 2.75) is 24.8 Å². The van der Waals surface area contributed by atoms with Crippen molar-refractivity contribution in [3.63, 3.8) is 0 Å². The lowest BCUT2D eigenvalue weighted by molar-refractivity contribution is -0.116. The number of hydrogen-bond donors (Lipinski definition) is 2. The van der Waals surface area contributed by atoms with E-state index in [1.807, 2.05) is 23.1 Å². The molecule has 1 aliphatic rings. The predicted molar refractivity (Wildman–Crippen MR) is 77.1 cm³/mol. The van der Waals surface area contributed by atoms with Crippen LogP contribution in [-0.2, 0) is 4.79 Å². The average Bonchev–Trinajstić information content (AvgIpc) is 2.31. The smallest absolute Gasteiger partial charge is 0.237 e. The predicted octanol–water partition coefficient (Wildman–Crippen LogP) is 1.71. The first kappa shape index (κ1) is 13.2. The molecule has 18 heavy (non-hydrogen) atoms. The number of rotatable bonds is 4. The Morgan fingerprint density at radius 2 is 2.28 bits per heavy atom. The van der Waals surface area contributed by atoms with Gasteiger partial charge in [-0.3, -0.25) is 4.79 Å². The fourth-order valence-corrected chi connectivity index (χ4v) is 2.85. The maximum Gasteiger partial charge on any atom is 0.237 e. The van der Waals surface area contributed by atoms with Crippen molar-refractivity contribution >= 4 is 29.0 Å². The fraction of sp³-hybridized carbons (Fsp3) is 0.462. The van der Waals surface area contributed by atoms with Gasteiger partial charge < -0.3 is 16.0 Å². The number of nitrogen functional groups attached to an aromatic ring is 1. The summed E-state index contributed by atoms with van der Waals surface area (Å²) < 4.78 is 0. The first-order chi connectivity index (χ1) is 8.58. The number of benzene rings is 1. The highest BCUT2D eigenvalue weighted by molar-refractivity contribution is 8.00. The molecule has 0 aromatic heterocycles. The largest absolute Gasteiger partial charge is 0.399 e. The van der Waals surface area contributed by atoms with Gasteiger partial charge in [0.1, 0.15) is 0 Å². The topological polar surface area (TPSA) is 58.4 Å². The molecule has 2 rings (SSSR count). The highest BCUT2D eigenvalue weighted by atomic mass is 32.2. The summed E-state index contributed by atoms with van der Waals surface area (Å²) in [6.07, 6.45) is 0. The van der Waals surface area contributed by atoms with Crippen molar-refractivity contribution in [2.75, 3.05) is 29.5 Å². The van der Waals surface area contributed by atoms with Gasteiger partial charge in [-0.2, -0.15) is 0 Å². The minimum atomic E-state index is 0.156. The third-order valence-corrected chi connectivity index (χ3v) is 3.86. The molecule has 1 aliphatic heterocycles. The molecule has 0 spiro atoms. The minimum Gasteiger partial charge on any atom is -0.399 e. The van der Waals surface area contributed by atoms with Crippen molar-refractivity contribution in [1.82, 2.24) is 5.32 Å². The molecule has 1 heterocycles. The van der Waals surface area contributed by atoms with Crippen LogP contribution in [0, 0.1) is 0 Å². The zero-order valence-electron chi connectivity index (χ0n) is 10.8. The van der Waals surface area contributed by atoms with Gasteiger partial charge in [0.2, 0.25) is 5.91 Å². The van der Waals surface area contributed by atoms with Gasteiger partial charge >= 0.3 is 0 Å². The number of carbonyl (C=O) groups is 1. The van der Waals surface area contributed by atoms with Gasteiger partial charge in [0.05, 0.1) is 11.4 Å². The standard InChI is InChI=1S/C13H19N3OS/c1-9(2)15-5-6-16-11-7-10(14)3-4-12(11)18-8-13(16)17/h3-4,7,9,15H,5-6,8,14H2,1-2H3. The highest BCUT2D eigenvalue weighted by Crippen LogP contribution is 2.36. The summed E-state index contributed by atoms with van der Waals surface area (Å²) in [4.78, 5) is 14.9. The van der Waals surface area contributed by atoms with Crippen LogP contribution in [0.4, 0.5) is 11.4 Å². The van der Waals surface area contributed by atoms with E-state index in [0.29, 0.717) is 24.0 Å². The molecule has 0 saturated carbocycles. The van der Waals surface area contributed by atoms with E-state index in [0.717, 1.165) is 17.1 Å². The van der Waals surface area contributed by atoms with Crippen molar-refractivity contribution in [1.29, 1.82) is 0 Å². The Balaban J connectivity index is 2.14. The van der Waals surface area contributed by atoms with Crippen LogP contribution in [0.5, 0.6) is 0 Å². The quantitative estimate of drug-likeness (QED) is 0.814. The number of nitrogens with zero attached hydrogens (tertiary/aromatic N) is 1. The van der Waals surface area contributed by atoms with E-state index in [2.05, 4.69) is 19.2 Å². The van der Waals surface area contributed by atoms with E-state index in [1.54, 1.807) is 11.8 Å². The van der Waals surface area contributed by atoms with Crippen molar-refractivity contribution < 1.29 is 4.79 Å². The molecular weight excluding hydrogens is 246 g/mol. The van der Waals surface area contributed by atoms with Crippen LogP contribution < -0.4 is 16.0 Å². The summed E-state index contributed by atoms with van der Waals surface area (Å²) in [7, 11) is 0. The van der Waals surface area contributed by atoms with E-state index in [-0.39, 0.29) is 5.91 Å². The Morgan fingerprint density at radius 3 is 3.00 bits per heavy atom. The van der Waals surface area contributed by atoms with Crippen LogP contribution in [0.3, 0.4) is 0 Å². The number of nitrogens with two attached hydrogens (primary N) is 1. The monoisotopic (exact) mass is 265 g/mol. The number of fused-ring (bicyclic) bond motifs is 1. The maximum atomic E-state index is 12.0. The van der Waals surface area contributed by atoms with E-state index < -0.39 is 0 Å². The molecule has 0 bridgehead atoms. The van der Waals surface area contributed by atoms with Gasteiger partial charge in [0.15, 0.2) is 0 Å². The molecule has 3 N–H and O–H groups in total. The highest BCUT2D eigenvalue weighted by Gasteiger charge is 2.24. The molecule has 0 aliphatic carbocycles. The number of nitrogens with one attached hydrogen (secondary N) is 1. The summed E-state index contributed by atoms with van der Waals surface area (Å²) in [5.41, 5.74) is 7.45. The Labute approximate surface area is 112 Å². The van der Waals surface area contributed by atoms with Crippen LogP contribution in [0.15, 0.2) is 23.1 Å². The fourth-order valence-electron chi connectivity index (χ4n) is 1.93. The van der Waals surface area contributed by atoms with Crippen LogP contribution in [0.2, 0.25) is 0 Å². The minimum absolute atomic E-state index is 0.156. The van der Waals surface area contributed by atoms with Gasteiger partial charge in [0.25, 0.3) is 0 Å². The first-order valence-electron chi connectivity index (χ1n) is 6.14. The van der Waals surface area contributed by atoms with Gasteiger partial charge in [0, 0.05) is 29.7 Å². The zero-order valence-corrected chi connectivity index (χ0v) is 11.6. The summed E-state index contributed by atoms with van der Waals surface area (Å²) in [5, 5.41) is 3.33. The summed E-state index contributed by atoms with van der Waals surface area (Å²) in [5.74, 6) is 0.669. The molecule has 0 saturated heterocycles. The van der Waals surface area contributed by atoms with E-state index in [1.165, 1.54) is 0 Å². The molecule has 98 valence electrons. The molecule has 1 aromatic carbocycles. The van der Waals surface area contributed by atoms with E-state index in [4.69, 9.17) is 5.73 Å². The van der Waals surface area contributed by atoms with E-state index in [9.17, 15) is 4.79 Å². The van der Waals surface area contributed by atoms with Crippen molar-refractivity contribution in [3.8, 4) is 0 Å². The third kappa shape index (κ3) is 2.97. The molecule has 0 radical (unpaired) electrons. The lowest BCUT2D eigenvalue weighted by atomic mass is 10.2. The average molecular weight is 265 g/mol. The van der Waals surface area contributed by atoms with Gasteiger partial charge in [-0.1, -0.05) is 13.8 Å². The first-order valence-corrected chi connectivity index (χ1v) is 7.12. The molecule has 1 aromatic rings. The number of carbonyl (C=O) groups excluding carboxylic acids is 1. The summed E-state index contributed by atoms with van der Waals surface area (Å²) in [6, 6.07) is 6.19. The molecule has 1 amide bonds. The lowest BCUT2D eigenvalue weighted by Crippen LogP contribution is -2.41. The van der Waals surface area contributed by atoms with Crippen molar-refractivity contribution in [2.24, 2.45) is 0 Å². The normalized spacial score (nSPS) is 15.1. The molecule has 0 atom stereocenters. The van der Waals surface area contributed by atoms with Gasteiger partial charge in [-0.05, 0) is 18.2 Å². The van der Waals surface area contributed by atoms with Crippen LogP contribution in [-0.4, -0.2) is 30.8 Å². The second kappa shape index (κ2) is 5.63. The Morgan fingerprint density at radius 1 is 1.50 bits per heavy atom. The molecular formula is C13H19N3OS. The zero-order chi connectivity index (χ0) is 13.1. The number of amides is 1. The van der Waals surface area contributed by atoms with Crippen LogP contribution in [0.25, 0.3) is 0 Å². The number of hydrogen-bond acceptors (Lipinski definition) is 4. The van der Waals surface area contributed by atoms with Crippen molar-refractivity contribution in [3.05, 3.63) is 18.2 Å². The Bertz CT molecular complexity index is 448. The van der Waals surface area contributed by atoms with Gasteiger partial charge in [-0.15, -0.1) is 11.8 Å². The molecule has 4 nitrogen and oxygen atoms in total. The summed E-state index contributed by atoms with van der Waals surface area (Å²) in [6.45, 7) is 5.68. The van der Waals surface area contributed by atoms with Gasteiger partial charge in [-0.25, -0.2) is 0 Å². The third-order valence-electron chi connectivity index (χ3n) is 2.81. The number of anilines is 2. The maximum absolute atomic E-state index is 12.0. The Kier molecular flexibility index (Phi) is 4.14. The second-order valence-electron chi connectivity index (χ2n) is 4.67. The second-order valence-corrected chi connectivity index (χ2v) is 5.69. The van der Waals surface area contributed by atoms with Crippen LogP contribution >= 0.6 is 11.8 Å². The Hall–Kier alpha value is -1.20. The number of thioether (sulfide) groups is 1. The van der Waals surface area contributed by atoms with Crippen LogP contribution in [0.1, 0.15) is 13.8 Å². The summed E-state index contributed by atoms with van der Waals surface area (Å²) >= 11 is 1.58. The lowest BCUT2D eigenvalue weighted by Gasteiger charge is -2.29. The molecule has 0 unspecified atom stereocenters. The molecule has 0 fully saturated rings.